The molecule has 0 unspecified atom stereocenters. The van der Waals surface area contributed by atoms with Crippen LogP contribution in [0, 0.1) is 5.82 Å². The first-order chi connectivity index (χ1) is 12.6. The summed E-state index contributed by atoms with van der Waals surface area (Å²) in [4.78, 5) is 14.0. The predicted molar refractivity (Wildman–Crippen MR) is 102 cm³/mol. The number of ether oxygens (including phenoxy) is 1. The van der Waals surface area contributed by atoms with E-state index in [0.717, 1.165) is 16.9 Å². The van der Waals surface area contributed by atoms with Crippen LogP contribution in [0.3, 0.4) is 0 Å². The number of hydrogen-bond donors (Lipinski definition) is 0. The number of amides is 1. The number of thioether (sulfide) groups is 1. The Balaban J connectivity index is 1.74. The van der Waals surface area contributed by atoms with Crippen molar-refractivity contribution in [1.29, 1.82) is 0 Å². The van der Waals surface area contributed by atoms with Crippen molar-refractivity contribution in [2.75, 3.05) is 7.11 Å². The van der Waals surface area contributed by atoms with Crippen LogP contribution >= 0.6 is 11.8 Å². The average Bonchev–Trinajstić information content (AvgIpc) is 2.92. The van der Waals surface area contributed by atoms with Gasteiger partial charge in [0.2, 0.25) is 5.91 Å². The fourth-order valence-electron chi connectivity index (χ4n) is 2.42. The van der Waals surface area contributed by atoms with Gasteiger partial charge in [0.25, 0.3) is 0 Å². The Labute approximate surface area is 155 Å². The highest BCUT2D eigenvalue weighted by Crippen LogP contribution is 2.28. The van der Waals surface area contributed by atoms with Gasteiger partial charge in [-0.05, 0) is 54.4 Å². The van der Waals surface area contributed by atoms with E-state index >= 15 is 0 Å². The van der Waals surface area contributed by atoms with Crippen molar-refractivity contribution in [2.45, 2.75) is 18.7 Å². The summed E-state index contributed by atoms with van der Waals surface area (Å²) in [5, 5.41) is 8.63. The first-order valence-electron chi connectivity index (χ1n) is 8.04. The maximum atomic E-state index is 13.1. The SMILES string of the molecule is COc1ccc(/C=N\N=C2/S[C@H](C)C(=O)N2Cc2ccc(F)cc2)cc1. The number of nitrogens with zero attached hydrogens (tertiary/aromatic N) is 3. The standard InChI is InChI=1S/C19H18FN3O2S/c1-13-18(24)23(12-15-3-7-16(20)8-4-15)19(26-13)22-21-11-14-5-9-17(25-2)10-6-14/h3-11,13H,12H2,1-2H3/b21-11-,22-19-/t13-/m1/s1. The zero-order valence-corrected chi connectivity index (χ0v) is 15.2. The van der Waals surface area contributed by atoms with E-state index in [-0.39, 0.29) is 17.0 Å². The molecule has 0 aliphatic carbocycles. The molecule has 0 radical (unpaired) electrons. The summed E-state index contributed by atoms with van der Waals surface area (Å²) in [5.41, 5.74) is 1.71. The topological polar surface area (TPSA) is 54.3 Å². The van der Waals surface area contributed by atoms with E-state index in [1.807, 2.05) is 31.2 Å². The summed E-state index contributed by atoms with van der Waals surface area (Å²) in [6.45, 7) is 2.17. The number of hydrogen-bond acceptors (Lipinski definition) is 5. The molecule has 1 heterocycles. The summed E-state index contributed by atoms with van der Waals surface area (Å²) in [6.07, 6.45) is 1.62. The van der Waals surface area contributed by atoms with E-state index in [4.69, 9.17) is 4.74 Å². The lowest BCUT2D eigenvalue weighted by molar-refractivity contribution is -0.126. The maximum Gasteiger partial charge on any atom is 0.242 e. The van der Waals surface area contributed by atoms with Crippen molar-refractivity contribution in [1.82, 2.24) is 4.90 Å². The second-order valence-corrected chi connectivity index (χ2v) is 7.02. The molecule has 2 aromatic carbocycles. The summed E-state index contributed by atoms with van der Waals surface area (Å²) < 4.78 is 18.2. The van der Waals surface area contributed by atoms with Crippen molar-refractivity contribution >= 4 is 29.1 Å². The number of carbonyl (C=O) groups excluding carboxylic acids is 1. The first kappa shape index (κ1) is 18.1. The Morgan fingerprint density at radius 1 is 1.19 bits per heavy atom. The number of methoxy groups -OCH3 is 1. The van der Waals surface area contributed by atoms with Crippen molar-refractivity contribution in [3.05, 3.63) is 65.5 Å². The highest BCUT2D eigenvalue weighted by atomic mass is 32.2. The molecular weight excluding hydrogens is 353 g/mol. The second-order valence-electron chi connectivity index (χ2n) is 5.71. The van der Waals surface area contributed by atoms with Gasteiger partial charge in [0.1, 0.15) is 11.6 Å². The number of amidine groups is 1. The summed E-state index contributed by atoms with van der Waals surface area (Å²) in [6, 6.07) is 13.5. The van der Waals surface area contributed by atoms with E-state index < -0.39 is 0 Å². The molecule has 7 heteroatoms. The van der Waals surface area contributed by atoms with E-state index in [9.17, 15) is 9.18 Å². The minimum absolute atomic E-state index is 0.0299. The molecule has 1 aliphatic heterocycles. The molecule has 1 amide bonds. The molecule has 2 aromatic rings. The minimum atomic E-state index is -0.303. The molecule has 1 aliphatic rings. The fraction of sp³-hybridized carbons (Fsp3) is 0.211. The van der Waals surface area contributed by atoms with Crippen molar-refractivity contribution in [2.24, 2.45) is 10.2 Å². The van der Waals surface area contributed by atoms with Crippen LogP contribution < -0.4 is 4.74 Å². The van der Waals surface area contributed by atoms with Crippen molar-refractivity contribution in [3.8, 4) is 5.75 Å². The minimum Gasteiger partial charge on any atom is -0.497 e. The van der Waals surface area contributed by atoms with Gasteiger partial charge in [0.15, 0.2) is 5.17 Å². The van der Waals surface area contributed by atoms with Crippen LogP contribution in [0.1, 0.15) is 18.1 Å². The van der Waals surface area contributed by atoms with Crippen LogP contribution in [-0.4, -0.2) is 34.5 Å². The van der Waals surface area contributed by atoms with Gasteiger partial charge in [-0.2, -0.15) is 5.10 Å². The Kier molecular flexibility index (Phi) is 5.68. The number of halogens is 1. The Bertz CT molecular complexity index is 835. The van der Waals surface area contributed by atoms with Crippen LogP contribution in [0.4, 0.5) is 4.39 Å². The largest absolute Gasteiger partial charge is 0.497 e. The zero-order valence-electron chi connectivity index (χ0n) is 14.4. The molecule has 1 fully saturated rings. The smallest absolute Gasteiger partial charge is 0.242 e. The van der Waals surface area contributed by atoms with Crippen molar-refractivity contribution in [3.63, 3.8) is 0 Å². The summed E-state index contributed by atoms with van der Waals surface area (Å²) in [7, 11) is 1.61. The van der Waals surface area contributed by atoms with Crippen LogP contribution in [0.25, 0.3) is 0 Å². The molecule has 1 atom stereocenters. The third-order valence-corrected chi connectivity index (χ3v) is 4.91. The zero-order chi connectivity index (χ0) is 18.5. The van der Waals surface area contributed by atoms with Gasteiger partial charge in [0.05, 0.1) is 25.1 Å². The number of carbonyl (C=O) groups is 1. The van der Waals surface area contributed by atoms with E-state index in [1.165, 1.54) is 23.9 Å². The van der Waals surface area contributed by atoms with Crippen LogP contribution in [0.5, 0.6) is 5.75 Å². The molecule has 1 saturated heterocycles. The summed E-state index contributed by atoms with van der Waals surface area (Å²) in [5.74, 6) is 0.435. The maximum absolute atomic E-state index is 13.1. The third kappa shape index (κ3) is 4.29. The molecular formula is C19H18FN3O2S. The lowest BCUT2D eigenvalue weighted by atomic mass is 10.2. The van der Waals surface area contributed by atoms with Gasteiger partial charge >= 0.3 is 0 Å². The normalized spacial score (nSPS) is 18.9. The van der Waals surface area contributed by atoms with Gasteiger partial charge in [-0.3, -0.25) is 9.69 Å². The molecule has 0 aromatic heterocycles. The highest BCUT2D eigenvalue weighted by molar-refractivity contribution is 8.15. The molecule has 0 bridgehead atoms. The molecule has 134 valence electrons. The Hall–Kier alpha value is -2.67. The quantitative estimate of drug-likeness (QED) is 0.595. The molecule has 0 N–H and O–H groups in total. The molecule has 5 nitrogen and oxygen atoms in total. The fourth-order valence-corrected chi connectivity index (χ4v) is 3.34. The van der Waals surface area contributed by atoms with Crippen LogP contribution in [-0.2, 0) is 11.3 Å². The van der Waals surface area contributed by atoms with Crippen molar-refractivity contribution < 1.29 is 13.9 Å². The lowest BCUT2D eigenvalue weighted by Crippen LogP contribution is -2.30. The Morgan fingerprint density at radius 2 is 1.88 bits per heavy atom. The number of benzene rings is 2. The van der Waals surface area contributed by atoms with Gasteiger partial charge in [-0.1, -0.05) is 23.9 Å². The monoisotopic (exact) mass is 371 g/mol. The second kappa shape index (κ2) is 8.14. The van der Waals surface area contributed by atoms with E-state index in [1.54, 1.807) is 30.4 Å². The first-order valence-corrected chi connectivity index (χ1v) is 8.92. The van der Waals surface area contributed by atoms with Gasteiger partial charge in [-0.25, -0.2) is 4.39 Å². The molecule has 0 saturated carbocycles. The highest BCUT2D eigenvalue weighted by Gasteiger charge is 2.35. The molecule has 0 spiro atoms. The third-order valence-electron chi connectivity index (χ3n) is 3.85. The molecule has 3 rings (SSSR count). The van der Waals surface area contributed by atoms with E-state index in [2.05, 4.69) is 10.2 Å². The average molecular weight is 371 g/mol. The van der Waals surface area contributed by atoms with Gasteiger partial charge < -0.3 is 4.74 Å². The Morgan fingerprint density at radius 3 is 2.54 bits per heavy atom. The van der Waals surface area contributed by atoms with E-state index in [0.29, 0.717) is 11.7 Å². The van der Waals surface area contributed by atoms with Gasteiger partial charge in [0, 0.05) is 0 Å². The molecule has 26 heavy (non-hydrogen) atoms. The van der Waals surface area contributed by atoms with Crippen LogP contribution in [0.2, 0.25) is 0 Å². The lowest BCUT2D eigenvalue weighted by Gasteiger charge is -2.15. The van der Waals surface area contributed by atoms with Crippen LogP contribution in [0.15, 0.2) is 58.7 Å². The number of rotatable bonds is 5. The predicted octanol–water partition coefficient (Wildman–Crippen LogP) is 3.69. The van der Waals surface area contributed by atoms with Gasteiger partial charge in [-0.15, -0.1) is 5.10 Å². The summed E-state index contributed by atoms with van der Waals surface area (Å²) >= 11 is 1.36.